The number of hydrogen-bond donors (Lipinski definition) is 0. The van der Waals surface area contributed by atoms with Crippen LogP contribution in [0.5, 0.6) is 5.88 Å². The van der Waals surface area contributed by atoms with E-state index in [9.17, 15) is 0 Å². The molecule has 0 spiro atoms. The maximum Gasteiger partial charge on any atom is 0.213 e. The van der Waals surface area contributed by atoms with Crippen LogP contribution < -0.4 is 4.74 Å². The molecule has 0 unspecified atom stereocenters. The summed E-state index contributed by atoms with van der Waals surface area (Å²) in [4.78, 5) is 6.55. The smallest absolute Gasteiger partial charge is 0.213 e. The summed E-state index contributed by atoms with van der Waals surface area (Å²) in [5.74, 6) is 0.665. The van der Waals surface area contributed by atoms with Crippen LogP contribution in [0.15, 0.2) is 18.3 Å². The van der Waals surface area contributed by atoms with Crippen molar-refractivity contribution < 1.29 is 4.74 Å². The van der Waals surface area contributed by atoms with Gasteiger partial charge in [0, 0.05) is 25.4 Å². The van der Waals surface area contributed by atoms with E-state index in [1.165, 1.54) is 38.9 Å². The van der Waals surface area contributed by atoms with Gasteiger partial charge >= 0.3 is 0 Å². The summed E-state index contributed by atoms with van der Waals surface area (Å²) in [6.07, 6.45) is 6.57. The van der Waals surface area contributed by atoms with Crippen LogP contribution in [0.25, 0.3) is 0 Å². The number of rotatable bonds is 8. The standard InChI is InChI=1S/C13H19ClN2O/c14-12-5-6-13(15-11-12)17-10-4-2-1-3-7-16-8-9-16/h5-6,11H,1-4,7-10H2. The first-order valence-corrected chi connectivity index (χ1v) is 6.69. The minimum absolute atomic E-state index is 0.646. The van der Waals surface area contributed by atoms with Gasteiger partial charge in [0.05, 0.1) is 11.6 Å². The average Bonchev–Trinajstić information content (AvgIpc) is 3.14. The molecule has 1 aromatic rings. The first-order chi connectivity index (χ1) is 8.34. The molecular weight excluding hydrogens is 236 g/mol. The van der Waals surface area contributed by atoms with E-state index in [2.05, 4.69) is 9.88 Å². The van der Waals surface area contributed by atoms with Gasteiger partial charge in [-0.05, 0) is 25.5 Å². The average molecular weight is 255 g/mol. The van der Waals surface area contributed by atoms with E-state index < -0.39 is 0 Å². The molecule has 2 rings (SSSR count). The van der Waals surface area contributed by atoms with E-state index >= 15 is 0 Å². The van der Waals surface area contributed by atoms with Gasteiger partial charge in [-0.15, -0.1) is 0 Å². The van der Waals surface area contributed by atoms with Gasteiger partial charge in [-0.3, -0.25) is 0 Å². The van der Waals surface area contributed by atoms with Gasteiger partial charge in [0.1, 0.15) is 0 Å². The van der Waals surface area contributed by atoms with Crippen molar-refractivity contribution >= 4 is 11.6 Å². The summed E-state index contributed by atoms with van der Waals surface area (Å²) in [5, 5.41) is 0.646. The third-order valence-corrected chi connectivity index (χ3v) is 3.08. The van der Waals surface area contributed by atoms with E-state index in [1.807, 2.05) is 6.07 Å². The monoisotopic (exact) mass is 254 g/mol. The maximum atomic E-state index is 5.74. The molecule has 0 N–H and O–H groups in total. The minimum Gasteiger partial charge on any atom is -0.478 e. The Morgan fingerprint density at radius 2 is 2.00 bits per heavy atom. The van der Waals surface area contributed by atoms with Crippen LogP contribution in [0.3, 0.4) is 0 Å². The van der Waals surface area contributed by atoms with Crippen LogP contribution in [0.2, 0.25) is 5.02 Å². The Labute approximate surface area is 108 Å². The van der Waals surface area contributed by atoms with Crippen molar-refractivity contribution in [1.29, 1.82) is 0 Å². The van der Waals surface area contributed by atoms with Crippen LogP contribution >= 0.6 is 11.6 Å². The van der Waals surface area contributed by atoms with Crippen molar-refractivity contribution in [3.05, 3.63) is 23.4 Å². The topological polar surface area (TPSA) is 25.1 Å². The molecule has 0 bridgehead atoms. The van der Waals surface area contributed by atoms with E-state index in [1.54, 1.807) is 12.3 Å². The Balaban J connectivity index is 1.46. The van der Waals surface area contributed by atoms with Gasteiger partial charge in [0.15, 0.2) is 0 Å². The SMILES string of the molecule is Clc1ccc(OCCCCCCN2CC2)nc1. The van der Waals surface area contributed by atoms with Gasteiger partial charge in [0.25, 0.3) is 0 Å². The fourth-order valence-corrected chi connectivity index (χ4v) is 1.82. The summed E-state index contributed by atoms with van der Waals surface area (Å²) < 4.78 is 5.52. The molecule has 4 heteroatoms. The summed E-state index contributed by atoms with van der Waals surface area (Å²) in [7, 11) is 0. The Morgan fingerprint density at radius 1 is 1.18 bits per heavy atom. The molecule has 1 saturated heterocycles. The molecule has 2 heterocycles. The third kappa shape index (κ3) is 5.37. The highest BCUT2D eigenvalue weighted by Crippen LogP contribution is 2.12. The minimum atomic E-state index is 0.646. The number of aromatic nitrogens is 1. The van der Waals surface area contributed by atoms with E-state index in [0.717, 1.165) is 13.0 Å². The van der Waals surface area contributed by atoms with Gasteiger partial charge < -0.3 is 9.64 Å². The Bertz CT molecular complexity index is 325. The Morgan fingerprint density at radius 3 is 2.71 bits per heavy atom. The second-order valence-electron chi connectivity index (χ2n) is 4.42. The fraction of sp³-hybridized carbons (Fsp3) is 0.615. The molecule has 0 aliphatic carbocycles. The number of hydrogen-bond acceptors (Lipinski definition) is 3. The molecule has 0 aromatic carbocycles. The lowest BCUT2D eigenvalue weighted by Gasteiger charge is -2.05. The predicted molar refractivity (Wildman–Crippen MR) is 69.7 cm³/mol. The van der Waals surface area contributed by atoms with Gasteiger partial charge in [0.2, 0.25) is 5.88 Å². The molecule has 1 aliphatic rings. The van der Waals surface area contributed by atoms with E-state index in [4.69, 9.17) is 16.3 Å². The normalized spacial score (nSPS) is 14.9. The second kappa shape index (κ2) is 6.82. The van der Waals surface area contributed by atoms with Crippen LogP contribution in [0.1, 0.15) is 25.7 Å². The van der Waals surface area contributed by atoms with E-state index in [-0.39, 0.29) is 0 Å². The molecule has 3 nitrogen and oxygen atoms in total. The highest BCUT2D eigenvalue weighted by atomic mass is 35.5. The van der Waals surface area contributed by atoms with Crippen molar-refractivity contribution in [1.82, 2.24) is 9.88 Å². The Kier molecular flexibility index (Phi) is 5.08. The zero-order valence-corrected chi connectivity index (χ0v) is 10.8. The number of nitrogens with zero attached hydrogens (tertiary/aromatic N) is 2. The van der Waals surface area contributed by atoms with Crippen molar-refractivity contribution in [2.24, 2.45) is 0 Å². The summed E-state index contributed by atoms with van der Waals surface area (Å²) in [5.41, 5.74) is 0. The first kappa shape index (κ1) is 12.7. The van der Waals surface area contributed by atoms with Crippen molar-refractivity contribution in [3.8, 4) is 5.88 Å². The molecule has 17 heavy (non-hydrogen) atoms. The highest BCUT2D eigenvalue weighted by Gasteiger charge is 2.14. The zero-order chi connectivity index (χ0) is 11.9. The molecular formula is C13H19ClN2O. The molecule has 0 saturated carbocycles. The van der Waals surface area contributed by atoms with Gasteiger partial charge in [-0.25, -0.2) is 4.98 Å². The molecule has 94 valence electrons. The van der Waals surface area contributed by atoms with Crippen LogP contribution in [-0.4, -0.2) is 36.1 Å². The van der Waals surface area contributed by atoms with E-state index in [0.29, 0.717) is 10.9 Å². The van der Waals surface area contributed by atoms with Gasteiger partial charge in [-0.1, -0.05) is 24.4 Å². The fourth-order valence-electron chi connectivity index (χ4n) is 1.71. The third-order valence-electron chi connectivity index (χ3n) is 2.86. The van der Waals surface area contributed by atoms with Gasteiger partial charge in [-0.2, -0.15) is 0 Å². The zero-order valence-electron chi connectivity index (χ0n) is 10.1. The number of unbranched alkanes of at least 4 members (excludes halogenated alkanes) is 3. The molecule has 0 atom stereocenters. The summed E-state index contributed by atoms with van der Waals surface area (Å²) >= 11 is 5.74. The predicted octanol–water partition coefficient (Wildman–Crippen LogP) is 2.99. The summed E-state index contributed by atoms with van der Waals surface area (Å²) in [6, 6.07) is 3.61. The Hall–Kier alpha value is -0.800. The summed E-state index contributed by atoms with van der Waals surface area (Å²) in [6.45, 7) is 4.65. The lowest BCUT2D eigenvalue weighted by Crippen LogP contribution is -2.01. The first-order valence-electron chi connectivity index (χ1n) is 6.31. The highest BCUT2D eigenvalue weighted by molar-refractivity contribution is 6.30. The van der Waals surface area contributed by atoms with Crippen molar-refractivity contribution in [2.45, 2.75) is 25.7 Å². The number of ether oxygens (including phenoxy) is 1. The lowest BCUT2D eigenvalue weighted by atomic mass is 10.2. The van der Waals surface area contributed by atoms with Crippen LogP contribution in [0, 0.1) is 0 Å². The number of pyridine rings is 1. The van der Waals surface area contributed by atoms with Crippen LogP contribution in [0.4, 0.5) is 0 Å². The molecule has 1 aliphatic heterocycles. The largest absolute Gasteiger partial charge is 0.478 e. The van der Waals surface area contributed by atoms with Crippen molar-refractivity contribution in [3.63, 3.8) is 0 Å². The quantitative estimate of drug-likeness (QED) is 0.527. The molecule has 1 aromatic heterocycles. The van der Waals surface area contributed by atoms with Crippen LogP contribution in [-0.2, 0) is 0 Å². The lowest BCUT2D eigenvalue weighted by molar-refractivity contribution is 0.293. The molecule has 1 fully saturated rings. The second-order valence-corrected chi connectivity index (χ2v) is 4.86. The maximum absolute atomic E-state index is 5.74. The molecule has 0 amide bonds. The number of halogens is 1. The molecule has 0 radical (unpaired) electrons. The van der Waals surface area contributed by atoms with Crippen molar-refractivity contribution in [2.75, 3.05) is 26.2 Å².